The fraction of sp³-hybridized carbons (Fsp3) is 0.318. The summed E-state index contributed by atoms with van der Waals surface area (Å²) in [6.45, 7) is 2.02. The third kappa shape index (κ3) is 5.08. The maximum Gasteiger partial charge on any atom is 0.277 e. The highest BCUT2D eigenvalue weighted by molar-refractivity contribution is 9.10. The number of carbonyl (C=O) groups is 1. The number of benzene rings is 2. The summed E-state index contributed by atoms with van der Waals surface area (Å²) in [6.07, 6.45) is 4.82. The van der Waals surface area contributed by atoms with Gasteiger partial charge in [-0.2, -0.15) is 0 Å². The van der Waals surface area contributed by atoms with E-state index in [1.165, 1.54) is 42.2 Å². The molecule has 1 aliphatic carbocycles. The lowest BCUT2D eigenvalue weighted by Gasteiger charge is -2.20. The number of aromatic nitrogens is 2. The molecule has 0 radical (unpaired) electrons. The molecule has 0 aliphatic heterocycles. The third-order valence-corrected chi connectivity index (χ3v) is 6.37. The van der Waals surface area contributed by atoms with E-state index in [9.17, 15) is 4.79 Å². The van der Waals surface area contributed by atoms with Crippen LogP contribution in [0.1, 0.15) is 42.5 Å². The third-order valence-electron chi connectivity index (χ3n) is 5.05. The molecule has 2 aromatic carbocycles. The number of fused-ring (bicyclic) bond motifs is 1. The van der Waals surface area contributed by atoms with E-state index in [0.29, 0.717) is 11.1 Å². The van der Waals surface area contributed by atoms with E-state index in [0.717, 1.165) is 22.0 Å². The molecule has 29 heavy (non-hydrogen) atoms. The fourth-order valence-corrected chi connectivity index (χ4v) is 4.50. The number of hydrogen-bond donors (Lipinski definition) is 1. The van der Waals surface area contributed by atoms with E-state index < -0.39 is 0 Å². The average molecular weight is 472 g/mol. The van der Waals surface area contributed by atoms with Gasteiger partial charge in [0.15, 0.2) is 0 Å². The fourth-order valence-electron chi connectivity index (χ4n) is 3.52. The normalized spacial score (nSPS) is 14.3. The number of nitrogens with zero attached hydrogens (tertiary/aromatic N) is 2. The molecule has 1 aliphatic rings. The first kappa shape index (κ1) is 20.2. The largest absolute Gasteiger partial charge is 0.411 e. The molecular formula is C22H22BrN3O2S. The van der Waals surface area contributed by atoms with Crippen LogP contribution in [0.25, 0.3) is 11.5 Å². The number of rotatable bonds is 6. The second kappa shape index (κ2) is 9.13. The first-order valence-corrected chi connectivity index (χ1v) is 11.5. The van der Waals surface area contributed by atoms with Crippen LogP contribution in [0.4, 0.5) is 0 Å². The van der Waals surface area contributed by atoms with Gasteiger partial charge in [0.05, 0.1) is 11.8 Å². The molecule has 1 heterocycles. The van der Waals surface area contributed by atoms with Crippen molar-refractivity contribution in [3.8, 4) is 11.5 Å². The summed E-state index contributed by atoms with van der Waals surface area (Å²) in [5.41, 5.74) is 4.87. The first-order chi connectivity index (χ1) is 14.1. The number of halogens is 1. The zero-order valence-electron chi connectivity index (χ0n) is 16.2. The molecule has 3 aromatic rings. The van der Waals surface area contributed by atoms with Gasteiger partial charge in [0.25, 0.3) is 5.22 Å². The maximum atomic E-state index is 12.4. The van der Waals surface area contributed by atoms with Gasteiger partial charge in [-0.3, -0.25) is 4.79 Å². The van der Waals surface area contributed by atoms with Gasteiger partial charge < -0.3 is 9.73 Å². The molecule has 0 spiro atoms. The van der Waals surface area contributed by atoms with Gasteiger partial charge in [-0.25, -0.2) is 0 Å². The van der Waals surface area contributed by atoms with Crippen molar-refractivity contribution in [2.24, 2.45) is 0 Å². The number of amides is 1. The standard InChI is InChI=1S/C22H22BrN3O2S/c1-14(16-10-9-15-5-2-3-6-17(15)11-16)24-20(27)13-29-22-26-25-21(28-22)18-7-4-8-19(23)12-18/h4,7-12,14H,2-3,5-6,13H2,1H3,(H,24,27)/t14-/m1/s1. The summed E-state index contributed by atoms with van der Waals surface area (Å²) in [7, 11) is 0. The highest BCUT2D eigenvalue weighted by atomic mass is 79.9. The minimum atomic E-state index is -0.0533. The van der Waals surface area contributed by atoms with Crippen molar-refractivity contribution < 1.29 is 9.21 Å². The van der Waals surface area contributed by atoms with Gasteiger partial charge >= 0.3 is 0 Å². The van der Waals surface area contributed by atoms with Crippen molar-refractivity contribution in [1.82, 2.24) is 15.5 Å². The first-order valence-electron chi connectivity index (χ1n) is 9.72. The molecule has 0 unspecified atom stereocenters. The van der Waals surface area contributed by atoms with Gasteiger partial charge in [0, 0.05) is 10.0 Å². The van der Waals surface area contributed by atoms with Gasteiger partial charge in [-0.15, -0.1) is 10.2 Å². The van der Waals surface area contributed by atoms with Crippen molar-refractivity contribution in [3.05, 3.63) is 63.6 Å². The molecule has 0 saturated carbocycles. The minimum absolute atomic E-state index is 0.0322. The molecule has 1 atom stereocenters. The lowest BCUT2D eigenvalue weighted by Crippen LogP contribution is -2.28. The van der Waals surface area contributed by atoms with Gasteiger partial charge in [0.2, 0.25) is 11.8 Å². The number of aryl methyl sites for hydroxylation is 2. The Morgan fingerprint density at radius 2 is 2.00 bits per heavy atom. The Balaban J connectivity index is 1.32. The van der Waals surface area contributed by atoms with E-state index in [1.54, 1.807) is 0 Å². The van der Waals surface area contributed by atoms with Crippen LogP contribution < -0.4 is 5.32 Å². The van der Waals surface area contributed by atoms with Crippen molar-refractivity contribution in [2.45, 2.75) is 43.9 Å². The quantitative estimate of drug-likeness (QED) is 0.490. The Bertz CT molecular complexity index is 1020. The summed E-state index contributed by atoms with van der Waals surface area (Å²) in [4.78, 5) is 12.4. The highest BCUT2D eigenvalue weighted by Gasteiger charge is 2.16. The van der Waals surface area contributed by atoms with E-state index in [-0.39, 0.29) is 17.7 Å². The molecule has 1 amide bonds. The smallest absolute Gasteiger partial charge is 0.277 e. The Labute approximate surface area is 182 Å². The monoisotopic (exact) mass is 471 g/mol. The van der Waals surface area contributed by atoms with Crippen molar-refractivity contribution in [3.63, 3.8) is 0 Å². The molecule has 1 aromatic heterocycles. The maximum absolute atomic E-state index is 12.4. The van der Waals surface area contributed by atoms with Gasteiger partial charge in [-0.05, 0) is 67.5 Å². The van der Waals surface area contributed by atoms with E-state index >= 15 is 0 Å². The SMILES string of the molecule is C[C@@H](NC(=O)CSc1nnc(-c2cccc(Br)c2)o1)c1ccc2c(c1)CCCC2. The summed E-state index contributed by atoms with van der Waals surface area (Å²) >= 11 is 4.67. The molecule has 0 saturated heterocycles. The lowest BCUT2D eigenvalue weighted by atomic mass is 9.89. The average Bonchev–Trinajstić information content (AvgIpc) is 3.21. The topological polar surface area (TPSA) is 68.0 Å². The van der Waals surface area contributed by atoms with Crippen LogP contribution in [0.3, 0.4) is 0 Å². The molecular weight excluding hydrogens is 450 g/mol. The van der Waals surface area contributed by atoms with Crippen LogP contribution in [-0.2, 0) is 17.6 Å². The summed E-state index contributed by atoms with van der Waals surface area (Å²) < 4.78 is 6.61. The van der Waals surface area contributed by atoms with Crippen molar-refractivity contribution in [2.75, 3.05) is 5.75 Å². The van der Waals surface area contributed by atoms with Crippen molar-refractivity contribution >= 4 is 33.6 Å². The molecule has 5 nitrogen and oxygen atoms in total. The lowest BCUT2D eigenvalue weighted by molar-refractivity contribution is -0.119. The number of thioether (sulfide) groups is 1. The van der Waals surface area contributed by atoms with Crippen LogP contribution >= 0.6 is 27.7 Å². The summed E-state index contributed by atoms with van der Waals surface area (Å²) in [6, 6.07) is 14.2. The molecule has 4 rings (SSSR count). The van der Waals surface area contributed by atoms with Gasteiger partial charge in [0.1, 0.15) is 0 Å². The van der Waals surface area contributed by atoms with Crippen LogP contribution in [-0.4, -0.2) is 21.9 Å². The Kier molecular flexibility index (Phi) is 6.35. The van der Waals surface area contributed by atoms with Crippen LogP contribution in [0.15, 0.2) is 56.6 Å². The van der Waals surface area contributed by atoms with E-state index in [4.69, 9.17) is 4.42 Å². The number of nitrogens with one attached hydrogen (secondary N) is 1. The molecule has 0 bridgehead atoms. The molecule has 1 N–H and O–H groups in total. The molecule has 0 fully saturated rings. The van der Waals surface area contributed by atoms with Crippen LogP contribution in [0, 0.1) is 0 Å². The highest BCUT2D eigenvalue weighted by Crippen LogP contribution is 2.26. The number of carbonyl (C=O) groups excluding carboxylic acids is 1. The Morgan fingerprint density at radius 1 is 1.17 bits per heavy atom. The number of hydrogen-bond acceptors (Lipinski definition) is 5. The van der Waals surface area contributed by atoms with Crippen LogP contribution in [0.5, 0.6) is 0 Å². The van der Waals surface area contributed by atoms with Crippen LogP contribution in [0.2, 0.25) is 0 Å². The summed E-state index contributed by atoms with van der Waals surface area (Å²) in [5, 5.41) is 11.5. The second-order valence-corrected chi connectivity index (χ2v) is 9.04. The Morgan fingerprint density at radius 3 is 2.83 bits per heavy atom. The molecule has 150 valence electrons. The summed E-state index contributed by atoms with van der Waals surface area (Å²) in [5.74, 6) is 0.620. The van der Waals surface area contributed by atoms with E-state index in [1.807, 2.05) is 31.2 Å². The van der Waals surface area contributed by atoms with Crippen molar-refractivity contribution in [1.29, 1.82) is 0 Å². The second-order valence-electron chi connectivity index (χ2n) is 7.20. The predicted molar refractivity (Wildman–Crippen MR) is 118 cm³/mol. The Hall–Kier alpha value is -2.12. The zero-order valence-corrected chi connectivity index (χ0v) is 18.6. The van der Waals surface area contributed by atoms with E-state index in [2.05, 4.69) is 49.6 Å². The van der Waals surface area contributed by atoms with Gasteiger partial charge in [-0.1, -0.05) is 52.0 Å². The molecule has 7 heteroatoms. The zero-order chi connectivity index (χ0) is 20.2. The predicted octanol–water partition coefficient (Wildman–Crippen LogP) is 5.35. The minimum Gasteiger partial charge on any atom is -0.411 e.